The van der Waals surface area contributed by atoms with Gasteiger partial charge in [-0.25, -0.2) is 14.2 Å². The van der Waals surface area contributed by atoms with Crippen LogP contribution < -0.4 is 9.64 Å². The second kappa shape index (κ2) is 12.1. The molecule has 2 aromatic heterocycles. The van der Waals surface area contributed by atoms with Crippen LogP contribution in [-0.4, -0.2) is 63.2 Å². The number of benzene rings is 2. The number of piperidine rings is 1. The van der Waals surface area contributed by atoms with E-state index in [0.717, 1.165) is 42.4 Å². The van der Waals surface area contributed by atoms with Gasteiger partial charge in [-0.1, -0.05) is 18.2 Å². The molecule has 5 heterocycles. The first-order chi connectivity index (χ1) is 21.4. The van der Waals surface area contributed by atoms with Gasteiger partial charge in [-0.15, -0.1) is 0 Å². The highest BCUT2D eigenvalue weighted by Gasteiger charge is 2.37. The molecule has 3 aliphatic heterocycles. The molecule has 1 fully saturated rings. The number of aromatic nitrogens is 3. The molecule has 7 rings (SSSR count). The Morgan fingerprint density at radius 2 is 1.80 bits per heavy atom. The number of halogens is 1. The lowest BCUT2D eigenvalue weighted by Gasteiger charge is -2.41. The minimum absolute atomic E-state index is 0.320. The molecule has 3 aliphatic rings. The van der Waals surface area contributed by atoms with Crippen molar-refractivity contribution in [3.8, 4) is 28.1 Å². The van der Waals surface area contributed by atoms with Crippen LogP contribution in [0.5, 0.6) is 5.75 Å². The maximum absolute atomic E-state index is 14.3. The van der Waals surface area contributed by atoms with E-state index < -0.39 is 17.7 Å². The van der Waals surface area contributed by atoms with Gasteiger partial charge in [0.2, 0.25) is 0 Å². The van der Waals surface area contributed by atoms with Gasteiger partial charge < -0.3 is 24.2 Å². The SMILES string of the molecule is Cc1nc2cc3nn2c(c1[C@H](OC(C)(C)C)C(=O)O)N1CCC(C)(CC1)OCCCCOc1cc(F)ccc1-c1cccc-3c1. The molecule has 1 atom stereocenters. The van der Waals surface area contributed by atoms with Gasteiger partial charge in [-0.3, -0.25) is 0 Å². The Morgan fingerprint density at radius 1 is 1.07 bits per heavy atom. The van der Waals surface area contributed by atoms with Crippen LogP contribution in [0.15, 0.2) is 48.5 Å². The van der Waals surface area contributed by atoms with E-state index in [1.807, 2.05) is 58.0 Å². The molecule has 0 saturated carbocycles. The zero-order valence-corrected chi connectivity index (χ0v) is 26.6. The number of fused-ring (bicyclic) bond motifs is 7. The van der Waals surface area contributed by atoms with E-state index in [9.17, 15) is 14.3 Å². The summed E-state index contributed by atoms with van der Waals surface area (Å²) in [4.78, 5) is 19.8. The molecule has 1 N–H and O–H groups in total. The molecule has 6 bridgehead atoms. The van der Waals surface area contributed by atoms with Gasteiger partial charge in [0.15, 0.2) is 11.8 Å². The molecule has 4 aromatic rings. The number of carboxylic acid groups (broad SMARTS) is 1. The largest absolute Gasteiger partial charge is 0.493 e. The molecule has 0 radical (unpaired) electrons. The molecule has 238 valence electrons. The highest BCUT2D eigenvalue weighted by molar-refractivity contribution is 5.80. The number of aliphatic carboxylic acids is 1. The zero-order chi connectivity index (χ0) is 31.9. The monoisotopic (exact) mass is 616 g/mol. The second-order valence-electron chi connectivity index (χ2n) is 13.2. The maximum atomic E-state index is 14.3. The number of nitrogens with zero attached hydrogens (tertiary/aromatic N) is 4. The third-order valence-electron chi connectivity index (χ3n) is 8.54. The molecule has 10 heteroatoms. The first-order valence-electron chi connectivity index (χ1n) is 15.6. The normalized spacial score (nSPS) is 17.7. The number of hydrogen-bond acceptors (Lipinski definition) is 7. The molecule has 1 saturated heterocycles. The summed E-state index contributed by atoms with van der Waals surface area (Å²) in [6.45, 7) is 11.9. The third kappa shape index (κ3) is 6.53. The summed E-state index contributed by atoms with van der Waals surface area (Å²) in [5.74, 6) is -0.276. The van der Waals surface area contributed by atoms with Crippen LogP contribution in [-0.2, 0) is 14.3 Å². The van der Waals surface area contributed by atoms with Crippen LogP contribution >= 0.6 is 0 Å². The zero-order valence-electron chi connectivity index (χ0n) is 26.6. The van der Waals surface area contributed by atoms with Crippen molar-refractivity contribution in [1.82, 2.24) is 14.6 Å². The van der Waals surface area contributed by atoms with Crippen molar-refractivity contribution < 1.29 is 28.5 Å². The molecule has 45 heavy (non-hydrogen) atoms. The average molecular weight is 617 g/mol. The number of carboxylic acids is 1. The van der Waals surface area contributed by atoms with Gasteiger partial charge in [-0.2, -0.15) is 9.61 Å². The van der Waals surface area contributed by atoms with Crippen molar-refractivity contribution in [3.63, 3.8) is 0 Å². The number of hydrogen-bond donors (Lipinski definition) is 1. The summed E-state index contributed by atoms with van der Waals surface area (Å²) < 4.78 is 34.7. The first kappa shape index (κ1) is 31.0. The van der Waals surface area contributed by atoms with Crippen molar-refractivity contribution in [2.45, 2.75) is 77.6 Å². The number of anilines is 1. The van der Waals surface area contributed by atoms with Crippen LogP contribution in [0.1, 0.15) is 70.7 Å². The smallest absolute Gasteiger partial charge is 0.337 e. The lowest BCUT2D eigenvalue weighted by Crippen LogP contribution is -2.46. The molecular weight excluding hydrogens is 575 g/mol. The molecule has 0 aliphatic carbocycles. The van der Waals surface area contributed by atoms with Gasteiger partial charge >= 0.3 is 5.97 Å². The Kier molecular flexibility index (Phi) is 8.30. The van der Waals surface area contributed by atoms with E-state index in [0.29, 0.717) is 60.5 Å². The lowest BCUT2D eigenvalue weighted by molar-refractivity contribution is -0.160. The fraction of sp³-hybridized carbons (Fsp3) is 0.457. The average Bonchev–Trinajstić information content (AvgIpc) is 3.40. The molecule has 9 nitrogen and oxygen atoms in total. The van der Waals surface area contributed by atoms with Crippen molar-refractivity contribution in [1.29, 1.82) is 0 Å². The topological polar surface area (TPSA) is 98.4 Å². The van der Waals surface area contributed by atoms with Crippen LogP contribution in [0.4, 0.5) is 10.2 Å². The Bertz CT molecular complexity index is 1720. The number of ether oxygens (including phenoxy) is 3. The maximum Gasteiger partial charge on any atom is 0.337 e. The Balaban J connectivity index is 1.54. The van der Waals surface area contributed by atoms with E-state index in [-0.39, 0.29) is 11.4 Å². The lowest BCUT2D eigenvalue weighted by atomic mass is 9.92. The minimum atomic E-state index is -1.24. The Hall–Kier alpha value is -4.02. The van der Waals surface area contributed by atoms with Crippen LogP contribution in [0, 0.1) is 12.7 Å². The minimum Gasteiger partial charge on any atom is -0.493 e. The van der Waals surface area contributed by atoms with E-state index in [2.05, 4.69) is 11.8 Å². The number of aryl methyl sites for hydroxylation is 1. The summed E-state index contributed by atoms with van der Waals surface area (Å²) in [6.07, 6.45) is 1.86. The standard InChI is InChI=1S/C35H41FN4O5/c1-22-30(31(33(41)42)45-34(2,3)4)32-39-15-13-35(5,14-16-39)44-18-7-6-17-43-28-20-25(36)11-12-26(28)23-9-8-10-24(19-23)27-21-29(37-22)40(32)38-27/h8-12,19-21,31H,6-7,13-18H2,1-5H3,(H,41,42)/t31-/m0/s1. The summed E-state index contributed by atoms with van der Waals surface area (Å²) in [6, 6.07) is 14.4. The van der Waals surface area contributed by atoms with Gasteiger partial charge in [0.25, 0.3) is 0 Å². The van der Waals surface area contributed by atoms with Crippen LogP contribution in [0.3, 0.4) is 0 Å². The predicted molar refractivity (Wildman–Crippen MR) is 170 cm³/mol. The van der Waals surface area contributed by atoms with Crippen molar-refractivity contribution in [2.75, 3.05) is 31.2 Å². The second-order valence-corrected chi connectivity index (χ2v) is 13.2. The fourth-order valence-corrected chi connectivity index (χ4v) is 6.19. The van der Waals surface area contributed by atoms with Crippen molar-refractivity contribution >= 4 is 17.4 Å². The fourth-order valence-electron chi connectivity index (χ4n) is 6.19. The predicted octanol–water partition coefficient (Wildman–Crippen LogP) is 7.00. The van der Waals surface area contributed by atoms with Crippen LogP contribution in [0.2, 0.25) is 0 Å². The summed E-state index contributed by atoms with van der Waals surface area (Å²) >= 11 is 0. The van der Waals surface area contributed by atoms with E-state index in [1.165, 1.54) is 12.1 Å². The van der Waals surface area contributed by atoms with Gasteiger partial charge in [0, 0.05) is 48.6 Å². The Labute approximate surface area is 262 Å². The van der Waals surface area contributed by atoms with Crippen molar-refractivity contribution in [2.24, 2.45) is 0 Å². The Morgan fingerprint density at radius 3 is 2.53 bits per heavy atom. The number of carbonyl (C=O) groups is 1. The van der Waals surface area contributed by atoms with Gasteiger partial charge in [-0.05, 0) is 84.1 Å². The van der Waals surface area contributed by atoms with Crippen LogP contribution in [0.25, 0.3) is 28.0 Å². The van der Waals surface area contributed by atoms with Gasteiger partial charge in [0.05, 0.1) is 29.1 Å². The molecule has 0 unspecified atom stereocenters. The van der Waals surface area contributed by atoms with E-state index in [1.54, 1.807) is 10.6 Å². The third-order valence-corrected chi connectivity index (χ3v) is 8.54. The molecule has 2 aromatic carbocycles. The van der Waals surface area contributed by atoms with E-state index in [4.69, 9.17) is 24.3 Å². The summed E-state index contributed by atoms with van der Waals surface area (Å²) in [7, 11) is 0. The molecule has 0 spiro atoms. The summed E-state index contributed by atoms with van der Waals surface area (Å²) in [5.41, 5.74) is 3.83. The summed E-state index contributed by atoms with van der Waals surface area (Å²) in [5, 5.41) is 15.5. The highest BCUT2D eigenvalue weighted by atomic mass is 19.1. The molecule has 0 amide bonds. The highest BCUT2D eigenvalue weighted by Crippen LogP contribution is 2.39. The van der Waals surface area contributed by atoms with E-state index >= 15 is 0 Å². The number of rotatable bonds is 3. The molecular formula is C35H41FN4O5. The van der Waals surface area contributed by atoms with Crippen molar-refractivity contribution in [3.05, 3.63) is 65.6 Å². The quantitative estimate of drug-likeness (QED) is 0.263. The first-order valence-corrected chi connectivity index (χ1v) is 15.6. The van der Waals surface area contributed by atoms with Gasteiger partial charge in [0.1, 0.15) is 17.4 Å².